The Morgan fingerprint density at radius 1 is 1.32 bits per heavy atom. The smallest absolute Gasteiger partial charge is 0.336 e. The predicted octanol–water partition coefficient (Wildman–Crippen LogP) is 1.23. The molecule has 8 heteroatoms. The van der Waals surface area contributed by atoms with Crippen LogP contribution in [0.2, 0.25) is 0 Å². The van der Waals surface area contributed by atoms with Crippen molar-refractivity contribution < 1.29 is 23.8 Å². The third-order valence-electron chi connectivity index (χ3n) is 4.15. The highest BCUT2D eigenvalue weighted by atomic mass is 16.5. The van der Waals surface area contributed by atoms with Crippen molar-refractivity contribution in [3.05, 3.63) is 45.8 Å². The zero-order valence-corrected chi connectivity index (χ0v) is 16.1. The molecule has 0 bridgehead atoms. The predicted molar refractivity (Wildman–Crippen MR) is 104 cm³/mol. The molecule has 152 valence electrons. The van der Waals surface area contributed by atoms with Crippen molar-refractivity contribution >= 4 is 22.8 Å². The van der Waals surface area contributed by atoms with Gasteiger partial charge >= 0.3 is 5.63 Å². The Hall–Kier alpha value is -2.71. The molecule has 1 fully saturated rings. The average Bonchev–Trinajstić information content (AvgIpc) is 2.61. The molecule has 0 saturated carbocycles. The SMILES string of the molecule is CC(=O)O.Cc1ccc2c(CC(=O)NCCC3COCCN3)cc(=O)oc2c1. The highest BCUT2D eigenvalue weighted by Gasteiger charge is 2.14. The monoisotopic (exact) mass is 390 g/mol. The molecule has 3 rings (SSSR count). The number of carbonyl (C=O) groups excluding carboxylic acids is 1. The molecule has 1 atom stereocenters. The number of aliphatic carboxylic acids is 1. The third-order valence-corrected chi connectivity index (χ3v) is 4.15. The Labute approximate surface area is 162 Å². The van der Waals surface area contributed by atoms with Crippen LogP contribution in [0.15, 0.2) is 33.5 Å². The highest BCUT2D eigenvalue weighted by molar-refractivity contribution is 5.87. The maximum Gasteiger partial charge on any atom is 0.336 e. The van der Waals surface area contributed by atoms with E-state index in [1.807, 2.05) is 25.1 Å². The summed E-state index contributed by atoms with van der Waals surface area (Å²) in [4.78, 5) is 32.9. The molecular formula is C20H26N2O6. The first kappa shape index (κ1) is 21.6. The molecule has 1 saturated heterocycles. The van der Waals surface area contributed by atoms with Gasteiger partial charge in [-0.3, -0.25) is 9.59 Å². The summed E-state index contributed by atoms with van der Waals surface area (Å²) in [5.41, 5.74) is 1.79. The lowest BCUT2D eigenvalue weighted by molar-refractivity contribution is -0.134. The number of benzene rings is 1. The van der Waals surface area contributed by atoms with E-state index in [0.717, 1.165) is 37.4 Å². The second-order valence-corrected chi connectivity index (χ2v) is 6.65. The number of rotatable bonds is 5. The number of ether oxygens (including phenoxy) is 1. The molecule has 2 heterocycles. The van der Waals surface area contributed by atoms with Crippen LogP contribution in [0.25, 0.3) is 11.0 Å². The Kier molecular flexibility index (Phi) is 8.16. The summed E-state index contributed by atoms with van der Waals surface area (Å²) in [5, 5.41) is 14.5. The zero-order chi connectivity index (χ0) is 20.5. The van der Waals surface area contributed by atoms with Crippen molar-refractivity contribution in [2.75, 3.05) is 26.3 Å². The van der Waals surface area contributed by atoms with E-state index in [2.05, 4.69) is 10.6 Å². The van der Waals surface area contributed by atoms with Gasteiger partial charge in [0.1, 0.15) is 5.58 Å². The molecule has 1 amide bonds. The molecule has 3 N–H and O–H groups in total. The number of carbonyl (C=O) groups is 2. The van der Waals surface area contributed by atoms with Gasteiger partial charge in [0.15, 0.2) is 0 Å². The standard InChI is InChI=1S/C18H22N2O4.C2H4O2/c1-12-2-3-15-13(10-18(22)24-16(15)8-12)9-17(21)20-5-4-14-11-23-7-6-19-14;1-2(3)4/h2-3,8,10,14,19H,4-7,9,11H2,1H3,(H,20,21);1H3,(H,3,4). The highest BCUT2D eigenvalue weighted by Crippen LogP contribution is 2.18. The lowest BCUT2D eigenvalue weighted by Crippen LogP contribution is -2.43. The first-order chi connectivity index (χ1) is 13.3. The van der Waals surface area contributed by atoms with E-state index < -0.39 is 11.6 Å². The van der Waals surface area contributed by atoms with Crippen molar-refractivity contribution in [3.8, 4) is 0 Å². The molecule has 1 aromatic carbocycles. The zero-order valence-electron chi connectivity index (χ0n) is 16.1. The molecule has 28 heavy (non-hydrogen) atoms. The molecule has 0 spiro atoms. The summed E-state index contributed by atoms with van der Waals surface area (Å²) in [6.45, 7) is 5.87. The van der Waals surface area contributed by atoms with Crippen molar-refractivity contribution in [2.24, 2.45) is 0 Å². The summed E-state index contributed by atoms with van der Waals surface area (Å²) in [6, 6.07) is 7.32. The molecular weight excluding hydrogens is 364 g/mol. The molecule has 1 aliphatic rings. The molecule has 8 nitrogen and oxygen atoms in total. The third kappa shape index (κ3) is 7.13. The topological polar surface area (TPSA) is 118 Å². The van der Waals surface area contributed by atoms with Crippen molar-refractivity contribution in [3.63, 3.8) is 0 Å². The van der Waals surface area contributed by atoms with Crippen molar-refractivity contribution in [1.82, 2.24) is 10.6 Å². The van der Waals surface area contributed by atoms with Crippen molar-refractivity contribution in [2.45, 2.75) is 32.7 Å². The van der Waals surface area contributed by atoms with Gasteiger partial charge in [0.2, 0.25) is 5.91 Å². The van der Waals surface area contributed by atoms with E-state index >= 15 is 0 Å². The Bertz CT molecular complexity index is 867. The van der Waals surface area contributed by atoms with E-state index in [4.69, 9.17) is 19.1 Å². The molecule has 1 aromatic heterocycles. The summed E-state index contributed by atoms with van der Waals surface area (Å²) in [6.07, 6.45) is 0.988. The lowest BCUT2D eigenvalue weighted by atomic mass is 10.1. The van der Waals surface area contributed by atoms with Crippen LogP contribution in [0.3, 0.4) is 0 Å². The van der Waals surface area contributed by atoms with Crippen molar-refractivity contribution in [1.29, 1.82) is 0 Å². The van der Waals surface area contributed by atoms with Gasteiger partial charge in [-0.05, 0) is 30.5 Å². The van der Waals surface area contributed by atoms with Gasteiger partial charge in [-0.25, -0.2) is 4.79 Å². The van der Waals surface area contributed by atoms with E-state index in [-0.39, 0.29) is 18.4 Å². The van der Waals surface area contributed by atoms with E-state index in [1.165, 1.54) is 6.07 Å². The summed E-state index contributed by atoms with van der Waals surface area (Å²) in [5.74, 6) is -0.931. The first-order valence-electron chi connectivity index (χ1n) is 9.16. The van der Waals surface area contributed by atoms with Gasteiger partial charge in [0.05, 0.1) is 19.6 Å². The van der Waals surface area contributed by atoms with Crippen LogP contribution in [0.1, 0.15) is 24.5 Å². The number of morpholine rings is 1. The van der Waals surface area contributed by atoms with Gasteiger partial charge < -0.3 is 24.9 Å². The van der Waals surface area contributed by atoms with E-state index in [1.54, 1.807) is 0 Å². The first-order valence-corrected chi connectivity index (χ1v) is 9.16. The summed E-state index contributed by atoms with van der Waals surface area (Å²) < 4.78 is 10.6. The van der Waals surface area contributed by atoms with Crippen LogP contribution >= 0.6 is 0 Å². The fourth-order valence-electron chi connectivity index (χ4n) is 2.91. The van der Waals surface area contributed by atoms with Crippen LogP contribution in [-0.2, 0) is 20.7 Å². The number of carboxylic acids is 1. The van der Waals surface area contributed by atoms with Gasteiger partial charge in [-0.2, -0.15) is 0 Å². The minimum Gasteiger partial charge on any atom is -0.481 e. The van der Waals surface area contributed by atoms with Crippen LogP contribution < -0.4 is 16.3 Å². The second-order valence-electron chi connectivity index (χ2n) is 6.65. The number of fused-ring (bicyclic) bond motifs is 1. The fourth-order valence-corrected chi connectivity index (χ4v) is 2.91. The van der Waals surface area contributed by atoms with E-state index in [0.29, 0.717) is 24.3 Å². The number of hydrogen-bond donors (Lipinski definition) is 3. The Morgan fingerprint density at radius 2 is 2.07 bits per heavy atom. The normalized spacial score (nSPS) is 16.1. The summed E-state index contributed by atoms with van der Waals surface area (Å²) >= 11 is 0. The van der Waals surface area contributed by atoms with Crippen LogP contribution in [0, 0.1) is 6.92 Å². The summed E-state index contributed by atoms with van der Waals surface area (Å²) in [7, 11) is 0. The minimum absolute atomic E-state index is 0.0980. The Balaban J connectivity index is 0.000000640. The maximum absolute atomic E-state index is 12.2. The lowest BCUT2D eigenvalue weighted by Gasteiger charge is -2.23. The molecule has 0 aliphatic carbocycles. The van der Waals surface area contributed by atoms with Crippen LogP contribution in [0.4, 0.5) is 0 Å². The quantitative estimate of drug-likeness (QED) is 0.657. The Morgan fingerprint density at radius 3 is 2.75 bits per heavy atom. The second kappa shape index (κ2) is 10.6. The number of nitrogens with one attached hydrogen (secondary N) is 2. The molecule has 1 aliphatic heterocycles. The van der Waals surface area contributed by atoms with Crippen LogP contribution in [0.5, 0.6) is 0 Å². The van der Waals surface area contributed by atoms with Gasteiger partial charge in [0.25, 0.3) is 5.97 Å². The molecule has 2 aromatic rings. The van der Waals surface area contributed by atoms with Gasteiger partial charge in [-0.15, -0.1) is 0 Å². The number of aryl methyl sites for hydroxylation is 1. The fraction of sp³-hybridized carbons (Fsp3) is 0.450. The van der Waals surface area contributed by atoms with Crippen LogP contribution in [-0.4, -0.2) is 49.3 Å². The largest absolute Gasteiger partial charge is 0.481 e. The number of hydrogen-bond acceptors (Lipinski definition) is 6. The number of carboxylic acid groups (broad SMARTS) is 1. The number of amides is 1. The maximum atomic E-state index is 12.2. The molecule has 0 radical (unpaired) electrons. The minimum atomic E-state index is -0.833. The van der Waals surface area contributed by atoms with Gasteiger partial charge in [0, 0.05) is 37.5 Å². The van der Waals surface area contributed by atoms with E-state index in [9.17, 15) is 9.59 Å². The molecule has 1 unspecified atom stereocenters. The van der Waals surface area contributed by atoms with Gasteiger partial charge in [-0.1, -0.05) is 12.1 Å². The average molecular weight is 390 g/mol.